The molecular formula is C18H15F3N4O. The summed E-state index contributed by atoms with van der Waals surface area (Å²) in [5, 5.41) is 6.36. The number of carbonyl (C=O) groups is 1. The number of rotatable bonds is 4. The largest absolute Gasteiger partial charge is 0.318 e. The summed E-state index contributed by atoms with van der Waals surface area (Å²) in [5.41, 5.74) is 1.13. The first kappa shape index (κ1) is 16.6. The van der Waals surface area contributed by atoms with Crippen molar-refractivity contribution in [2.24, 2.45) is 0 Å². The Labute approximate surface area is 146 Å². The Morgan fingerprint density at radius 3 is 2.73 bits per heavy atom. The Bertz CT molecular complexity index is 1010. The molecule has 0 unspecified atom stereocenters. The average molecular weight is 360 g/mol. The summed E-state index contributed by atoms with van der Waals surface area (Å²) in [6.45, 7) is 1.76. The van der Waals surface area contributed by atoms with Gasteiger partial charge in [-0.3, -0.25) is 4.79 Å². The van der Waals surface area contributed by atoms with E-state index in [2.05, 4.69) is 15.4 Å². The fourth-order valence-corrected chi connectivity index (χ4v) is 2.79. The Hall–Kier alpha value is -2.90. The normalized spacial score (nSPS) is 14.2. The third kappa shape index (κ3) is 3.02. The van der Waals surface area contributed by atoms with Crippen molar-refractivity contribution in [1.29, 1.82) is 0 Å². The molecule has 1 aliphatic carbocycles. The van der Waals surface area contributed by atoms with Crippen molar-refractivity contribution in [3.63, 3.8) is 0 Å². The van der Waals surface area contributed by atoms with Crippen molar-refractivity contribution in [3.8, 4) is 0 Å². The molecule has 0 radical (unpaired) electrons. The molecule has 0 bridgehead atoms. The van der Waals surface area contributed by atoms with Crippen molar-refractivity contribution in [3.05, 3.63) is 58.8 Å². The molecule has 0 saturated heterocycles. The zero-order valence-corrected chi connectivity index (χ0v) is 13.8. The van der Waals surface area contributed by atoms with Crippen molar-refractivity contribution >= 4 is 17.2 Å². The van der Waals surface area contributed by atoms with Crippen LogP contribution < -0.4 is 5.32 Å². The average Bonchev–Trinajstić information content (AvgIpc) is 3.35. The second-order valence-corrected chi connectivity index (χ2v) is 6.42. The molecule has 1 aliphatic rings. The minimum Gasteiger partial charge on any atom is -0.318 e. The monoisotopic (exact) mass is 360 g/mol. The standard InChI is InChI=1S/C18H15F3N4O/c1-9-2-5-11(19)13(6-9)23-18(26)14-8-16-22-12(10-3-4-10)7-15(17(20)21)25(16)24-14/h2,5-8,10,17H,3-4H2,1H3,(H,23,26). The molecule has 2 heterocycles. The fraction of sp³-hybridized carbons (Fsp3) is 0.278. The van der Waals surface area contributed by atoms with Crippen LogP contribution in [0, 0.1) is 12.7 Å². The quantitative estimate of drug-likeness (QED) is 0.757. The lowest BCUT2D eigenvalue weighted by Gasteiger charge is -2.06. The van der Waals surface area contributed by atoms with Crippen molar-refractivity contribution in [1.82, 2.24) is 14.6 Å². The van der Waals surface area contributed by atoms with Gasteiger partial charge in [-0.05, 0) is 43.5 Å². The van der Waals surface area contributed by atoms with Gasteiger partial charge in [-0.2, -0.15) is 5.10 Å². The SMILES string of the molecule is Cc1ccc(F)c(NC(=O)c2cc3nc(C4CC4)cc(C(F)F)n3n2)c1. The molecule has 134 valence electrons. The number of benzene rings is 1. The molecule has 1 fully saturated rings. The second kappa shape index (κ2) is 6.12. The van der Waals surface area contributed by atoms with E-state index < -0.39 is 18.1 Å². The number of fused-ring (bicyclic) bond motifs is 1. The van der Waals surface area contributed by atoms with Crippen LogP contribution in [0.4, 0.5) is 18.9 Å². The molecule has 1 amide bonds. The number of aryl methyl sites for hydroxylation is 1. The van der Waals surface area contributed by atoms with Gasteiger partial charge in [-0.25, -0.2) is 22.7 Å². The highest BCUT2D eigenvalue weighted by Crippen LogP contribution is 2.40. The number of nitrogens with one attached hydrogen (secondary N) is 1. The van der Waals surface area contributed by atoms with E-state index in [-0.39, 0.29) is 28.6 Å². The van der Waals surface area contributed by atoms with E-state index in [1.165, 1.54) is 24.3 Å². The number of alkyl halides is 2. The van der Waals surface area contributed by atoms with E-state index in [4.69, 9.17) is 0 Å². The number of hydrogen-bond acceptors (Lipinski definition) is 3. The van der Waals surface area contributed by atoms with Gasteiger partial charge in [0.1, 0.15) is 11.5 Å². The van der Waals surface area contributed by atoms with Gasteiger partial charge in [0.05, 0.1) is 5.69 Å². The number of aromatic nitrogens is 3. The number of anilines is 1. The van der Waals surface area contributed by atoms with Crippen LogP contribution in [0.15, 0.2) is 30.3 Å². The summed E-state index contributed by atoms with van der Waals surface area (Å²) < 4.78 is 41.5. The summed E-state index contributed by atoms with van der Waals surface area (Å²) >= 11 is 0. The molecule has 26 heavy (non-hydrogen) atoms. The minimum atomic E-state index is -2.75. The summed E-state index contributed by atoms with van der Waals surface area (Å²) in [7, 11) is 0. The molecule has 3 aromatic rings. The summed E-state index contributed by atoms with van der Waals surface area (Å²) in [4.78, 5) is 16.7. The Balaban J connectivity index is 1.71. The zero-order chi connectivity index (χ0) is 18.4. The summed E-state index contributed by atoms with van der Waals surface area (Å²) in [6.07, 6.45) is -0.914. The molecule has 1 aromatic carbocycles. The van der Waals surface area contributed by atoms with E-state index in [0.29, 0.717) is 5.69 Å². The number of hydrogen-bond donors (Lipinski definition) is 1. The van der Waals surface area contributed by atoms with Crippen molar-refractivity contribution in [2.75, 3.05) is 5.32 Å². The van der Waals surface area contributed by atoms with Crippen LogP contribution >= 0.6 is 0 Å². The molecule has 4 rings (SSSR count). The molecule has 1 saturated carbocycles. The van der Waals surface area contributed by atoms with Crippen LogP contribution in [0.2, 0.25) is 0 Å². The Kier molecular flexibility index (Phi) is 3.90. The molecule has 5 nitrogen and oxygen atoms in total. The van der Waals surface area contributed by atoms with Crippen LogP contribution in [0.25, 0.3) is 5.65 Å². The molecule has 2 aromatic heterocycles. The van der Waals surface area contributed by atoms with Gasteiger partial charge in [-0.1, -0.05) is 6.07 Å². The van der Waals surface area contributed by atoms with Gasteiger partial charge in [0.15, 0.2) is 11.3 Å². The van der Waals surface area contributed by atoms with Gasteiger partial charge in [0, 0.05) is 17.7 Å². The van der Waals surface area contributed by atoms with Gasteiger partial charge in [0.25, 0.3) is 12.3 Å². The lowest BCUT2D eigenvalue weighted by molar-refractivity contribution is 0.102. The molecule has 0 spiro atoms. The third-order valence-electron chi connectivity index (χ3n) is 4.30. The topological polar surface area (TPSA) is 59.3 Å². The maximum Gasteiger partial charge on any atom is 0.280 e. The highest BCUT2D eigenvalue weighted by atomic mass is 19.3. The fourth-order valence-electron chi connectivity index (χ4n) is 2.79. The smallest absolute Gasteiger partial charge is 0.280 e. The first-order valence-corrected chi connectivity index (χ1v) is 8.18. The van der Waals surface area contributed by atoms with Crippen LogP contribution in [0.5, 0.6) is 0 Å². The maximum atomic E-state index is 13.8. The Morgan fingerprint density at radius 2 is 2.04 bits per heavy atom. The molecule has 0 aliphatic heterocycles. The Morgan fingerprint density at radius 1 is 1.27 bits per heavy atom. The highest BCUT2D eigenvalue weighted by Gasteiger charge is 2.28. The second-order valence-electron chi connectivity index (χ2n) is 6.42. The predicted octanol–water partition coefficient (Wildman–Crippen LogP) is 4.24. The number of nitrogens with zero attached hydrogens (tertiary/aromatic N) is 3. The van der Waals surface area contributed by atoms with Crippen molar-refractivity contribution < 1.29 is 18.0 Å². The molecule has 1 N–H and O–H groups in total. The van der Waals surface area contributed by atoms with E-state index in [9.17, 15) is 18.0 Å². The van der Waals surface area contributed by atoms with E-state index >= 15 is 0 Å². The summed E-state index contributed by atoms with van der Waals surface area (Å²) in [5.74, 6) is -1.09. The minimum absolute atomic E-state index is 0.00719. The zero-order valence-electron chi connectivity index (χ0n) is 13.8. The summed E-state index contributed by atoms with van der Waals surface area (Å²) in [6, 6.07) is 6.98. The van der Waals surface area contributed by atoms with Crippen LogP contribution in [-0.2, 0) is 0 Å². The van der Waals surface area contributed by atoms with Gasteiger partial charge in [0.2, 0.25) is 0 Å². The van der Waals surface area contributed by atoms with E-state index in [1.807, 2.05) is 0 Å². The van der Waals surface area contributed by atoms with Gasteiger partial charge in [-0.15, -0.1) is 0 Å². The predicted molar refractivity (Wildman–Crippen MR) is 89.0 cm³/mol. The number of amides is 1. The molecular weight excluding hydrogens is 345 g/mol. The number of halogens is 3. The first-order valence-electron chi connectivity index (χ1n) is 8.18. The van der Waals surface area contributed by atoms with Crippen molar-refractivity contribution in [2.45, 2.75) is 32.1 Å². The highest BCUT2D eigenvalue weighted by molar-refractivity contribution is 6.03. The lowest BCUT2D eigenvalue weighted by Crippen LogP contribution is -2.14. The van der Waals surface area contributed by atoms with Crippen LogP contribution in [-0.4, -0.2) is 20.5 Å². The molecule has 8 heteroatoms. The maximum absolute atomic E-state index is 13.8. The van der Waals surface area contributed by atoms with E-state index in [1.54, 1.807) is 13.0 Å². The van der Waals surface area contributed by atoms with Gasteiger partial charge < -0.3 is 5.32 Å². The van der Waals surface area contributed by atoms with Crippen LogP contribution in [0.3, 0.4) is 0 Å². The third-order valence-corrected chi connectivity index (χ3v) is 4.30. The van der Waals surface area contributed by atoms with Gasteiger partial charge >= 0.3 is 0 Å². The number of carbonyl (C=O) groups excluding carboxylic acids is 1. The lowest BCUT2D eigenvalue weighted by atomic mass is 10.2. The van der Waals surface area contributed by atoms with Crippen LogP contribution in [0.1, 0.15) is 52.6 Å². The first-order chi connectivity index (χ1) is 12.4. The van der Waals surface area contributed by atoms with E-state index in [0.717, 1.165) is 22.9 Å². The molecule has 0 atom stereocenters.